The van der Waals surface area contributed by atoms with Crippen LogP contribution in [0.4, 0.5) is 24.8 Å². The molecule has 1 aromatic heterocycles. The minimum Gasteiger partial charge on any atom is -0.328 e. The summed E-state index contributed by atoms with van der Waals surface area (Å²) in [5, 5.41) is 9.42. The lowest BCUT2D eigenvalue weighted by molar-refractivity contribution is -0.145. The van der Waals surface area contributed by atoms with Crippen LogP contribution in [0.3, 0.4) is 0 Å². The fourth-order valence-electron chi connectivity index (χ4n) is 3.77. The first-order valence-corrected chi connectivity index (χ1v) is 10.0. The lowest BCUT2D eigenvalue weighted by Crippen LogP contribution is -2.31. The average molecular weight is 441 g/mol. The topological polar surface area (TPSA) is 71.8 Å². The maximum absolute atomic E-state index is 13.4. The van der Waals surface area contributed by atoms with Gasteiger partial charge in [-0.2, -0.15) is 18.2 Å². The number of fused-ring (bicyclic) bond motifs is 1. The third kappa shape index (κ3) is 3.98. The van der Waals surface area contributed by atoms with E-state index in [1.807, 2.05) is 45.0 Å². The zero-order valence-corrected chi connectivity index (χ0v) is 18.0. The van der Waals surface area contributed by atoms with Gasteiger partial charge in [0.25, 0.3) is 11.7 Å². The summed E-state index contributed by atoms with van der Waals surface area (Å²) in [6.07, 6.45) is -4.71. The number of nitrogens with one attached hydrogen (secondary N) is 2. The molecule has 9 heteroatoms. The Balaban J connectivity index is 1.81. The van der Waals surface area contributed by atoms with Gasteiger partial charge in [0, 0.05) is 11.4 Å². The number of benzene rings is 2. The predicted octanol–water partition coefficient (Wildman–Crippen LogP) is 5.15. The Morgan fingerprint density at radius 2 is 1.69 bits per heavy atom. The van der Waals surface area contributed by atoms with Crippen molar-refractivity contribution in [2.45, 2.75) is 39.9 Å². The zero-order chi connectivity index (χ0) is 23.2. The zero-order valence-electron chi connectivity index (χ0n) is 18.0. The van der Waals surface area contributed by atoms with Gasteiger partial charge in [0.15, 0.2) is 0 Å². The number of hydrogen-bond donors (Lipinski definition) is 2. The van der Waals surface area contributed by atoms with E-state index in [1.54, 1.807) is 25.1 Å². The van der Waals surface area contributed by atoms with Crippen LogP contribution in [0.5, 0.6) is 0 Å². The number of carbonyl (C=O) groups is 1. The first-order valence-electron chi connectivity index (χ1n) is 10.0. The van der Waals surface area contributed by atoms with Crippen LogP contribution in [0, 0.1) is 20.8 Å². The van der Waals surface area contributed by atoms with Crippen molar-refractivity contribution in [3.05, 3.63) is 81.8 Å². The number of nitrogens with zero attached hydrogens (tertiary/aromatic N) is 3. The Bertz CT molecular complexity index is 1230. The quantitative estimate of drug-likeness (QED) is 0.590. The van der Waals surface area contributed by atoms with E-state index in [1.165, 1.54) is 0 Å². The maximum Gasteiger partial charge on any atom is 0.453 e. The molecule has 1 unspecified atom stereocenters. The molecule has 2 heterocycles. The highest BCUT2D eigenvalue weighted by atomic mass is 19.4. The van der Waals surface area contributed by atoms with Crippen molar-refractivity contribution in [2.75, 3.05) is 10.6 Å². The van der Waals surface area contributed by atoms with Crippen LogP contribution < -0.4 is 10.6 Å². The highest BCUT2D eigenvalue weighted by molar-refractivity contribution is 6.06. The number of amides is 1. The Labute approximate surface area is 183 Å². The molecule has 0 radical (unpaired) electrons. The lowest BCUT2D eigenvalue weighted by atomic mass is 9.94. The summed E-state index contributed by atoms with van der Waals surface area (Å²) in [5.74, 6) is -1.76. The summed E-state index contributed by atoms with van der Waals surface area (Å²) in [6, 6.07) is 12.0. The smallest absolute Gasteiger partial charge is 0.328 e. The summed E-state index contributed by atoms with van der Waals surface area (Å²) in [4.78, 5) is 17.0. The number of rotatable bonds is 3. The lowest BCUT2D eigenvalue weighted by Gasteiger charge is -2.29. The summed E-state index contributed by atoms with van der Waals surface area (Å²) in [7, 11) is 0. The molecule has 1 aliphatic rings. The molecule has 6 nitrogen and oxygen atoms in total. The number of hydrogen-bond acceptors (Lipinski definition) is 4. The molecule has 1 atom stereocenters. The van der Waals surface area contributed by atoms with Gasteiger partial charge < -0.3 is 10.6 Å². The highest BCUT2D eigenvalue weighted by Gasteiger charge is 2.41. The van der Waals surface area contributed by atoms with Gasteiger partial charge in [-0.3, -0.25) is 4.79 Å². The highest BCUT2D eigenvalue weighted by Crippen LogP contribution is 2.38. The van der Waals surface area contributed by atoms with Crippen molar-refractivity contribution in [3.8, 4) is 0 Å². The molecule has 0 saturated heterocycles. The van der Waals surface area contributed by atoms with E-state index in [4.69, 9.17) is 0 Å². The number of allylic oxidation sites excluding steroid dienone is 1. The molecule has 2 aromatic carbocycles. The van der Waals surface area contributed by atoms with Crippen LogP contribution in [-0.4, -0.2) is 20.7 Å². The number of halogens is 3. The molecule has 0 spiro atoms. The second-order valence-corrected chi connectivity index (χ2v) is 7.95. The molecule has 32 heavy (non-hydrogen) atoms. The molecule has 1 aliphatic heterocycles. The average Bonchev–Trinajstić information content (AvgIpc) is 3.14. The summed E-state index contributed by atoms with van der Waals surface area (Å²) in [5.41, 5.74) is 4.85. The van der Waals surface area contributed by atoms with Crippen molar-refractivity contribution in [1.82, 2.24) is 14.8 Å². The van der Waals surface area contributed by atoms with Gasteiger partial charge in [0.1, 0.15) is 6.04 Å². The Hall–Kier alpha value is -3.62. The number of carbonyl (C=O) groups excluding carboxylic acids is 1. The maximum atomic E-state index is 13.4. The van der Waals surface area contributed by atoms with E-state index in [2.05, 4.69) is 20.7 Å². The fraction of sp³-hybridized carbons (Fsp3) is 0.261. The van der Waals surface area contributed by atoms with E-state index in [0.717, 1.165) is 21.4 Å². The summed E-state index contributed by atoms with van der Waals surface area (Å²) < 4.78 is 41.1. The van der Waals surface area contributed by atoms with E-state index in [0.29, 0.717) is 16.9 Å². The molecule has 0 bridgehead atoms. The second-order valence-electron chi connectivity index (χ2n) is 7.95. The third-order valence-electron chi connectivity index (χ3n) is 5.37. The van der Waals surface area contributed by atoms with Gasteiger partial charge in [-0.1, -0.05) is 47.5 Å². The Morgan fingerprint density at radius 1 is 1.03 bits per heavy atom. The molecule has 2 N–H and O–H groups in total. The van der Waals surface area contributed by atoms with Gasteiger partial charge in [-0.15, -0.1) is 5.10 Å². The summed E-state index contributed by atoms with van der Waals surface area (Å²) in [6.45, 7) is 7.38. The van der Waals surface area contributed by atoms with Crippen molar-refractivity contribution >= 4 is 17.5 Å². The monoisotopic (exact) mass is 441 g/mol. The number of anilines is 2. The Kier molecular flexibility index (Phi) is 5.28. The van der Waals surface area contributed by atoms with Crippen LogP contribution in [0.15, 0.2) is 53.7 Å². The van der Waals surface area contributed by atoms with Gasteiger partial charge in [0.05, 0.1) is 5.57 Å². The SMILES string of the molecule is CC1=C(C(=O)Nc2ccc(C)cc2C)C(c2ccc(C)cc2)n2nc(C(F)(F)F)nc2N1. The minimum absolute atomic E-state index is 0.0662. The molecule has 1 amide bonds. The van der Waals surface area contributed by atoms with Crippen molar-refractivity contribution in [3.63, 3.8) is 0 Å². The van der Waals surface area contributed by atoms with E-state index >= 15 is 0 Å². The van der Waals surface area contributed by atoms with Crippen LogP contribution in [0.1, 0.15) is 41.0 Å². The molecule has 0 aliphatic carbocycles. The normalized spacial score (nSPS) is 15.9. The molecule has 4 rings (SSSR count). The number of aromatic nitrogens is 3. The van der Waals surface area contributed by atoms with Gasteiger partial charge >= 0.3 is 6.18 Å². The standard InChI is InChI=1S/C23H22F3N5O/c1-12-5-8-16(9-6-12)19-18(20(32)28-17-10-7-13(2)11-14(17)3)15(4)27-22-29-21(23(24,25)26)30-31(19)22/h5-11,19H,1-4H3,(H,28,32)(H,27,29,30). The first-order chi connectivity index (χ1) is 15.0. The number of aryl methyl sites for hydroxylation is 3. The molecule has 0 saturated carbocycles. The minimum atomic E-state index is -4.71. The van der Waals surface area contributed by atoms with Gasteiger partial charge in [-0.25, -0.2) is 4.68 Å². The van der Waals surface area contributed by atoms with Crippen LogP contribution in [0.2, 0.25) is 0 Å². The Morgan fingerprint density at radius 3 is 2.31 bits per heavy atom. The predicted molar refractivity (Wildman–Crippen MR) is 115 cm³/mol. The fourth-order valence-corrected chi connectivity index (χ4v) is 3.77. The van der Waals surface area contributed by atoms with E-state index < -0.39 is 23.9 Å². The van der Waals surface area contributed by atoms with Crippen LogP contribution in [0.25, 0.3) is 0 Å². The van der Waals surface area contributed by atoms with Crippen molar-refractivity contribution < 1.29 is 18.0 Å². The summed E-state index contributed by atoms with van der Waals surface area (Å²) >= 11 is 0. The molecule has 3 aromatic rings. The van der Waals surface area contributed by atoms with Crippen LogP contribution >= 0.6 is 0 Å². The third-order valence-corrected chi connectivity index (χ3v) is 5.37. The first kappa shape index (κ1) is 21.6. The number of alkyl halides is 3. The van der Waals surface area contributed by atoms with Gasteiger partial charge in [0.2, 0.25) is 5.95 Å². The molecular formula is C23H22F3N5O. The van der Waals surface area contributed by atoms with Crippen molar-refractivity contribution in [2.24, 2.45) is 0 Å². The molecule has 0 fully saturated rings. The van der Waals surface area contributed by atoms with E-state index in [9.17, 15) is 18.0 Å². The van der Waals surface area contributed by atoms with Crippen molar-refractivity contribution in [1.29, 1.82) is 0 Å². The van der Waals surface area contributed by atoms with Gasteiger partial charge in [-0.05, 0) is 44.9 Å². The second kappa shape index (κ2) is 7.81. The molecule has 166 valence electrons. The van der Waals surface area contributed by atoms with Crippen LogP contribution in [-0.2, 0) is 11.0 Å². The largest absolute Gasteiger partial charge is 0.453 e. The van der Waals surface area contributed by atoms with E-state index in [-0.39, 0.29) is 11.5 Å². The molecular weight excluding hydrogens is 419 g/mol.